The Kier molecular flexibility index (Phi) is 3.75. The average molecular weight is 332 g/mol. The minimum Gasteiger partial charge on any atom is -0.326 e. The summed E-state index contributed by atoms with van der Waals surface area (Å²) >= 11 is 1.51. The molecule has 0 N–H and O–H groups in total. The highest BCUT2D eigenvalue weighted by Crippen LogP contribution is 2.31. The maximum absolute atomic E-state index is 12.2. The van der Waals surface area contributed by atoms with E-state index in [-0.39, 0.29) is 5.56 Å². The van der Waals surface area contributed by atoms with Crippen LogP contribution >= 0.6 is 11.3 Å². The zero-order valence-corrected chi connectivity index (χ0v) is 14.1. The fourth-order valence-corrected chi connectivity index (χ4v) is 3.82. The lowest BCUT2D eigenvalue weighted by Gasteiger charge is -2.07. The second-order valence-electron chi connectivity index (χ2n) is 5.85. The fourth-order valence-electron chi connectivity index (χ4n) is 2.75. The van der Waals surface area contributed by atoms with Gasteiger partial charge in [-0.1, -0.05) is 60.2 Å². The van der Waals surface area contributed by atoms with Gasteiger partial charge in [-0.25, -0.2) is 0 Å². The lowest BCUT2D eigenvalue weighted by atomic mass is 10.1. The lowest BCUT2D eigenvalue weighted by Crippen LogP contribution is -2.11. The molecule has 3 nitrogen and oxygen atoms in total. The van der Waals surface area contributed by atoms with Crippen molar-refractivity contribution in [3.05, 3.63) is 88.5 Å². The minimum absolute atomic E-state index is 0.155. The smallest absolute Gasteiger partial charge is 0.290 e. The SMILES string of the molecule is Cc1ccc(Cn2cnc(=O)c3sc(-c4ccccc4)cc32)cc1. The molecule has 118 valence electrons. The summed E-state index contributed by atoms with van der Waals surface area (Å²) in [5.74, 6) is 0. The van der Waals surface area contributed by atoms with Crippen LogP contribution in [0.2, 0.25) is 0 Å². The van der Waals surface area contributed by atoms with Crippen LogP contribution < -0.4 is 5.56 Å². The molecule has 0 aliphatic heterocycles. The Bertz CT molecular complexity index is 1050. The molecule has 0 amide bonds. The number of aromatic nitrogens is 2. The molecule has 0 unspecified atom stereocenters. The highest BCUT2D eigenvalue weighted by Gasteiger charge is 2.11. The van der Waals surface area contributed by atoms with Gasteiger partial charge in [-0.15, -0.1) is 11.3 Å². The first-order valence-electron chi connectivity index (χ1n) is 7.81. The molecule has 2 heterocycles. The van der Waals surface area contributed by atoms with E-state index >= 15 is 0 Å². The topological polar surface area (TPSA) is 34.9 Å². The van der Waals surface area contributed by atoms with Gasteiger partial charge in [0.05, 0.1) is 11.8 Å². The first-order chi connectivity index (χ1) is 11.7. The molecule has 0 saturated carbocycles. The number of nitrogens with zero attached hydrogens (tertiary/aromatic N) is 2. The summed E-state index contributed by atoms with van der Waals surface area (Å²) in [5.41, 5.74) is 4.35. The zero-order chi connectivity index (χ0) is 16.5. The number of fused-ring (bicyclic) bond motifs is 1. The summed E-state index contributed by atoms with van der Waals surface area (Å²) in [7, 11) is 0. The van der Waals surface area contributed by atoms with E-state index in [0.29, 0.717) is 11.2 Å². The molecular formula is C20H16N2OS. The van der Waals surface area contributed by atoms with Crippen molar-refractivity contribution in [1.82, 2.24) is 9.55 Å². The van der Waals surface area contributed by atoms with Crippen LogP contribution in [0.3, 0.4) is 0 Å². The van der Waals surface area contributed by atoms with Crippen LogP contribution in [0.5, 0.6) is 0 Å². The molecule has 0 bridgehead atoms. The Labute approximate surface area is 143 Å². The normalized spacial score (nSPS) is 11.0. The molecule has 4 heteroatoms. The molecule has 0 aliphatic carbocycles. The van der Waals surface area contributed by atoms with E-state index in [2.05, 4.69) is 54.4 Å². The molecular weight excluding hydrogens is 316 g/mol. The molecule has 0 aliphatic rings. The summed E-state index contributed by atoms with van der Waals surface area (Å²) in [6, 6.07) is 20.7. The van der Waals surface area contributed by atoms with Crippen LogP contribution in [0.15, 0.2) is 71.8 Å². The second-order valence-corrected chi connectivity index (χ2v) is 6.91. The van der Waals surface area contributed by atoms with E-state index in [1.807, 2.05) is 22.8 Å². The van der Waals surface area contributed by atoms with Crippen molar-refractivity contribution in [1.29, 1.82) is 0 Å². The Hall–Kier alpha value is -2.72. The van der Waals surface area contributed by atoms with E-state index in [4.69, 9.17) is 0 Å². The molecule has 2 aromatic heterocycles. The number of hydrogen-bond donors (Lipinski definition) is 0. The Morgan fingerprint density at radius 1 is 1.04 bits per heavy atom. The summed E-state index contributed by atoms with van der Waals surface area (Å²) in [6.07, 6.45) is 1.64. The van der Waals surface area contributed by atoms with Crippen LogP contribution in [0.4, 0.5) is 0 Å². The van der Waals surface area contributed by atoms with Gasteiger partial charge >= 0.3 is 0 Å². The summed E-state index contributed by atoms with van der Waals surface area (Å²) in [4.78, 5) is 17.3. The average Bonchev–Trinajstić information content (AvgIpc) is 3.07. The monoisotopic (exact) mass is 332 g/mol. The second kappa shape index (κ2) is 6.06. The molecule has 0 atom stereocenters. The van der Waals surface area contributed by atoms with Crippen LogP contribution in [-0.4, -0.2) is 9.55 Å². The zero-order valence-electron chi connectivity index (χ0n) is 13.3. The predicted molar refractivity (Wildman–Crippen MR) is 99.6 cm³/mol. The van der Waals surface area contributed by atoms with Gasteiger partial charge in [0, 0.05) is 11.4 Å². The summed E-state index contributed by atoms with van der Waals surface area (Å²) in [5, 5.41) is 0. The number of rotatable bonds is 3. The predicted octanol–water partition coefficient (Wildman–Crippen LogP) is 4.48. The van der Waals surface area contributed by atoms with E-state index in [0.717, 1.165) is 16.0 Å². The Morgan fingerprint density at radius 3 is 2.54 bits per heavy atom. The van der Waals surface area contributed by atoms with Crippen molar-refractivity contribution < 1.29 is 0 Å². The van der Waals surface area contributed by atoms with Gasteiger partial charge in [0.1, 0.15) is 4.70 Å². The van der Waals surface area contributed by atoms with Gasteiger partial charge in [-0.3, -0.25) is 4.79 Å². The van der Waals surface area contributed by atoms with Gasteiger partial charge < -0.3 is 4.57 Å². The summed E-state index contributed by atoms with van der Waals surface area (Å²) < 4.78 is 2.76. The lowest BCUT2D eigenvalue weighted by molar-refractivity contribution is 0.799. The first kappa shape index (κ1) is 14.8. The van der Waals surface area contributed by atoms with Gasteiger partial charge in [0.25, 0.3) is 5.56 Å². The Morgan fingerprint density at radius 2 is 1.79 bits per heavy atom. The first-order valence-corrected chi connectivity index (χ1v) is 8.62. The molecule has 0 radical (unpaired) electrons. The Balaban J connectivity index is 1.82. The fraction of sp³-hybridized carbons (Fsp3) is 0.100. The van der Waals surface area contributed by atoms with E-state index in [9.17, 15) is 4.79 Å². The van der Waals surface area contributed by atoms with E-state index < -0.39 is 0 Å². The van der Waals surface area contributed by atoms with Gasteiger partial charge in [0.2, 0.25) is 0 Å². The third kappa shape index (κ3) is 2.76. The van der Waals surface area contributed by atoms with Crippen molar-refractivity contribution in [3.63, 3.8) is 0 Å². The van der Waals surface area contributed by atoms with Crippen molar-refractivity contribution >= 4 is 21.6 Å². The van der Waals surface area contributed by atoms with Crippen LogP contribution in [0, 0.1) is 6.92 Å². The van der Waals surface area contributed by atoms with E-state index in [1.54, 1.807) is 6.33 Å². The molecule has 0 saturated heterocycles. The number of hydrogen-bond acceptors (Lipinski definition) is 3. The van der Waals surface area contributed by atoms with Crippen LogP contribution in [0.1, 0.15) is 11.1 Å². The molecule has 2 aromatic carbocycles. The van der Waals surface area contributed by atoms with Gasteiger partial charge in [-0.2, -0.15) is 4.98 Å². The van der Waals surface area contributed by atoms with Crippen molar-refractivity contribution in [2.75, 3.05) is 0 Å². The number of aryl methyl sites for hydroxylation is 1. The van der Waals surface area contributed by atoms with Crippen molar-refractivity contribution in [2.24, 2.45) is 0 Å². The quantitative estimate of drug-likeness (QED) is 0.554. The third-order valence-electron chi connectivity index (χ3n) is 4.06. The highest BCUT2D eigenvalue weighted by molar-refractivity contribution is 7.22. The summed E-state index contributed by atoms with van der Waals surface area (Å²) in [6.45, 7) is 2.78. The maximum atomic E-state index is 12.2. The number of benzene rings is 2. The maximum Gasteiger partial charge on any atom is 0.290 e. The van der Waals surface area contributed by atoms with Gasteiger partial charge in [-0.05, 0) is 24.1 Å². The van der Waals surface area contributed by atoms with Gasteiger partial charge in [0.15, 0.2) is 0 Å². The molecule has 4 aromatic rings. The highest BCUT2D eigenvalue weighted by atomic mass is 32.1. The third-order valence-corrected chi connectivity index (χ3v) is 5.22. The standard InChI is InChI=1S/C20H16N2OS/c1-14-7-9-15(10-8-14)12-22-13-21-20(23)19-17(22)11-18(24-19)16-5-3-2-4-6-16/h2-11,13H,12H2,1H3. The van der Waals surface area contributed by atoms with Crippen LogP contribution in [-0.2, 0) is 6.54 Å². The largest absolute Gasteiger partial charge is 0.326 e. The molecule has 24 heavy (non-hydrogen) atoms. The molecule has 4 rings (SSSR count). The van der Waals surface area contributed by atoms with Crippen molar-refractivity contribution in [2.45, 2.75) is 13.5 Å². The van der Waals surface area contributed by atoms with E-state index in [1.165, 1.54) is 22.5 Å². The molecule has 0 fully saturated rings. The number of thiophene rings is 1. The van der Waals surface area contributed by atoms with Crippen molar-refractivity contribution in [3.8, 4) is 10.4 Å². The van der Waals surface area contributed by atoms with Crippen LogP contribution in [0.25, 0.3) is 20.7 Å². The molecule has 0 spiro atoms. The minimum atomic E-state index is -0.155.